The van der Waals surface area contributed by atoms with Crippen LogP contribution in [0.5, 0.6) is 0 Å². The number of carbonyl (C=O) groups is 1. The molecule has 0 saturated carbocycles. The summed E-state index contributed by atoms with van der Waals surface area (Å²) in [7, 11) is -4.03. The van der Waals surface area contributed by atoms with Crippen molar-refractivity contribution in [2.45, 2.75) is 53.1 Å². The van der Waals surface area contributed by atoms with Crippen molar-refractivity contribution in [1.29, 1.82) is 0 Å². The van der Waals surface area contributed by atoms with Gasteiger partial charge in [0, 0.05) is 5.54 Å². The van der Waals surface area contributed by atoms with Gasteiger partial charge in [-0.25, -0.2) is 4.57 Å². The summed E-state index contributed by atoms with van der Waals surface area (Å²) >= 11 is 0. The zero-order valence-corrected chi connectivity index (χ0v) is 17.2. The van der Waals surface area contributed by atoms with Crippen LogP contribution in [0.3, 0.4) is 0 Å². The molecule has 8 heteroatoms. The van der Waals surface area contributed by atoms with Crippen LogP contribution in [0.25, 0.3) is 5.53 Å². The van der Waals surface area contributed by atoms with Crippen molar-refractivity contribution in [3.05, 3.63) is 41.4 Å². The highest BCUT2D eigenvalue weighted by molar-refractivity contribution is 7.74. The number of benzene rings is 1. The molecule has 1 amide bonds. The first kappa shape index (κ1) is 22.3. The zero-order chi connectivity index (χ0) is 20.0. The molecule has 144 valence electrons. The van der Waals surface area contributed by atoms with Gasteiger partial charge in [-0.05, 0) is 47.1 Å². The predicted octanol–water partition coefficient (Wildman–Crippen LogP) is 4.27. The van der Waals surface area contributed by atoms with Crippen molar-refractivity contribution in [1.82, 2.24) is 4.90 Å². The van der Waals surface area contributed by atoms with Gasteiger partial charge in [0.15, 0.2) is 0 Å². The van der Waals surface area contributed by atoms with E-state index >= 15 is 0 Å². The molecule has 0 bridgehead atoms. The van der Waals surface area contributed by atoms with Crippen LogP contribution in [-0.4, -0.2) is 39.8 Å². The largest absolute Gasteiger partial charge is 0.465 e. The molecule has 1 rings (SSSR count). The highest BCUT2D eigenvalue weighted by Crippen LogP contribution is 2.50. The van der Waals surface area contributed by atoms with Crippen LogP contribution in [-0.2, 0) is 18.4 Å². The van der Waals surface area contributed by atoms with E-state index < -0.39 is 24.5 Å². The number of carbonyl (C=O) groups excluding carboxylic acids is 1. The molecule has 1 aromatic rings. The molecule has 0 aliphatic carbocycles. The molecule has 0 spiro atoms. The second-order valence-corrected chi connectivity index (χ2v) is 8.62. The number of rotatable bonds is 8. The monoisotopic (exact) mass is 381 g/mol. The van der Waals surface area contributed by atoms with E-state index in [1.54, 1.807) is 13.8 Å². The SMILES string of the molecule is CCOP(=O)(OCC)C(=[N+]=[N-])C(=O)N(C(C)c1ccccc1)C(C)(C)C. The molecule has 7 nitrogen and oxygen atoms in total. The van der Waals surface area contributed by atoms with Gasteiger partial charge in [-0.1, -0.05) is 30.3 Å². The normalized spacial score (nSPS) is 13.0. The summed E-state index contributed by atoms with van der Waals surface area (Å²) in [5.41, 5.74) is 9.11. The standard InChI is InChI=1S/C18H28N3O4P/c1-7-24-26(23,25-8-2)16(20-19)17(22)21(18(4,5)6)14(3)15-12-10-9-11-13-15/h9-14H,7-8H2,1-6H3. The lowest BCUT2D eigenvalue weighted by Crippen LogP contribution is -2.50. The number of hydrogen-bond acceptors (Lipinski definition) is 4. The van der Waals surface area contributed by atoms with Gasteiger partial charge in [0.05, 0.1) is 19.3 Å². The maximum absolute atomic E-state index is 13.2. The van der Waals surface area contributed by atoms with E-state index in [0.29, 0.717) is 0 Å². The fourth-order valence-corrected chi connectivity index (χ4v) is 4.21. The van der Waals surface area contributed by atoms with E-state index in [-0.39, 0.29) is 19.3 Å². The van der Waals surface area contributed by atoms with Gasteiger partial charge in [0.2, 0.25) is 0 Å². The summed E-state index contributed by atoms with van der Waals surface area (Å²) in [6.45, 7) is 10.8. The van der Waals surface area contributed by atoms with Crippen LogP contribution in [0.4, 0.5) is 0 Å². The Labute approximate surface area is 155 Å². The van der Waals surface area contributed by atoms with Gasteiger partial charge in [-0.2, -0.15) is 4.79 Å². The van der Waals surface area contributed by atoms with Gasteiger partial charge in [0.25, 0.3) is 0 Å². The van der Waals surface area contributed by atoms with Crippen molar-refractivity contribution in [3.8, 4) is 0 Å². The minimum absolute atomic E-state index is 0.0489. The first-order valence-electron chi connectivity index (χ1n) is 8.62. The Kier molecular flexibility index (Phi) is 7.91. The first-order chi connectivity index (χ1) is 12.1. The van der Waals surface area contributed by atoms with Gasteiger partial charge >= 0.3 is 19.0 Å². The summed E-state index contributed by atoms with van der Waals surface area (Å²) in [4.78, 5) is 17.8. The molecule has 1 atom stereocenters. The Morgan fingerprint density at radius 2 is 1.69 bits per heavy atom. The highest BCUT2D eigenvalue weighted by atomic mass is 31.2. The molecule has 0 aromatic heterocycles. The Balaban J connectivity index is 3.40. The van der Waals surface area contributed by atoms with Crippen molar-refractivity contribution >= 4 is 19.0 Å². The van der Waals surface area contributed by atoms with Crippen LogP contribution in [0.1, 0.15) is 53.1 Å². The quantitative estimate of drug-likeness (QED) is 0.291. The molecule has 26 heavy (non-hydrogen) atoms. The predicted molar refractivity (Wildman–Crippen MR) is 101 cm³/mol. The second-order valence-electron chi connectivity index (χ2n) is 6.69. The molecule has 0 N–H and O–H groups in total. The number of nitrogens with zero attached hydrogens (tertiary/aromatic N) is 3. The Hall–Kier alpha value is -1.78. The van der Waals surface area contributed by atoms with Crippen molar-refractivity contribution in [2.24, 2.45) is 0 Å². The van der Waals surface area contributed by atoms with Crippen LogP contribution in [0.15, 0.2) is 30.3 Å². The molecule has 0 aliphatic rings. The molecule has 0 saturated heterocycles. The Morgan fingerprint density at radius 3 is 2.08 bits per heavy atom. The summed E-state index contributed by atoms with van der Waals surface area (Å²) in [5, 5.41) is 0. The van der Waals surface area contributed by atoms with Crippen molar-refractivity contribution in [2.75, 3.05) is 13.2 Å². The number of amides is 1. The molecule has 0 radical (unpaired) electrons. The molecule has 0 fully saturated rings. The van der Waals surface area contributed by atoms with E-state index in [9.17, 15) is 14.9 Å². The Morgan fingerprint density at radius 1 is 1.19 bits per heavy atom. The second kappa shape index (κ2) is 9.24. The third-order valence-corrected chi connectivity index (χ3v) is 5.75. The van der Waals surface area contributed by atoms with E-state index in [0.717, 1.165) is 5.56 Å². The van der Waals surface area contributed by atoms with Gasteiger partial charge in [-0.15, -0.1) is 0 Å². The lowest BCUT2D eigenvalue weighted by atomic mass is 9.99. The van der Waals surface area contributed by atoms with Gasteiger partial charge in [-0.3, -0.25) is 4.79 Å². The zero-order valence-electron chi connectivity index (χ0n) is 16.3. The minimum atomic E-state index is -4.03. The Bertz CT molecular complexity index is 699. The van der Waals surface area contributed by atoms with Crippen LogP contribution in [0, 0.1) is 0 Å². The highest BCUT2D eigenvalue weighted by Gasteiger charge is 2.50. The summed E-state index contributed by atoms with van der Waals surface area (Å²) < 4.78 is 23.4. The minimum Gasteiger partial charge on any atom is -0.360 e. The number of hydrogen-bond donors (Lipinski definition) is 0. The lowest BCUT2D eigenvalue weighted by Gasteiger charge is -2.39. The summed E-state index contributed by atoms with van der Waals surface area (Å²) in [5.74, 6) is -0.693. The van der Waals surface area contributed by atoms with Crippen molar-refractivity contribution < 1.29 is 23.2 Å². The summed E-state index contributed by atoms with van der Waals surface area (Å²) in [6.07, 6.45) is 0. The van der Waals surface area contributed by atoms with E-state index in [1.807, 2.05) is 58.0 Å². The van der Waals surface area contributed by atoms with Gasteiger partial charge in [0.1, 0.15) is 0 Å². The van der Waals surface area contributed by atoms with Crippen LogP contribution in [0.2, 0.25) is 0 Å². The topological polar surface area (TPSA) is 92.2 Å². The molecule has 0 aliphatic heterocycles. The van der Waals surface area contributed by atoms with Crippen molar-refractivity contribution in [3.63, 3.8) is 0 Å². The van der Waals surface area contributed by atoms with E-state index in [4.69, 9.17) is 9.05 Å². The first-order valence-corrected chi connectivity index (χ1v) is 10.2. The van der Waals surface area contributed by atoms with Crippen LogP contribution < -0.4 is 0 Å². The average molecular weight is 381 g/mol. The lowest BCUT2D eigenvalue weighted by molar-refractivity contribution is -0.135. The smallest absolute Gasteiger partial charge is 0.360 e. The molecule has 1 unspecified atom stereocenters. The third kappa shape index (κ3) is 5.12. The van der Waals surface area contributed by atoms with E-state index in [1.165, 1.54) is 4.90 Å². The molecular weight excluding hydrogens is 353 g/mol. The maximum atomic E-state index is 13.2. The maximum Gasteiger partial charge on any atom is 0.465 e. The third-order valence-electron chi connectivity index (χ3n) is 3.75. The average Bonchev–Trinajstić information content (AvgIpc) is 2.55. The fourth-order valence-electron chi connectivity index (χ4n) is 2.76. The summed E-state index contributed by atoms with van der Waals surface area (Å²) in [6, 6.07) is 9.09. The van der Waals surface area contributed by atoms with Crippen LogP contribution >= 0.6 is 7.60 Å². The molecular formula is C18H28N3O4P. The molecule has 0 heterocycles. The van der Waals surface area contributed by atoms with E-state index in [2.05, 4.69) is 4.79 Å². The van der Waals surface area contributed by atoms with Gasteiger partial charge < -0.3 is 19.5 Å². The molecule has 1 aromatic carbocycles. The fraction of sp³-hybridized carbons (Fsp3) is 0.556.